The number of nitrogens with two attached hydrogens (primary N) is 1. The van der Waals surface area contributed by atoms with Crippen molar-refractivity contribution in [1.82, 2.24) is 0 Å². The molecule has 3 heteroatoms. The van der Waals surface area contributed by atoms with Crippen molar-refractivity contribution >= 4 is 11.6 Å². The third kappa shape index (κ3) is 2.20. The molecular weight excluding hydrogens is 198 g/mol. The lowest BCUT2D eigenvalue weighted by atomic mass is 9.94. The van der Waals surface area contributed by atoms with Crippen LogP contribution in [0.5, 0.6) is 5.75 Å². The van der Waals surface area contributed by atoms with Crippen LogP contribution in [-0.2, 0) is 5.54 Å². The lowest BCUT2D eigenvalue weighted by Crippen LogP contribution is -2.29. The molecule has 1 rings (SSSR count). The second-order valence-electron chi connectivity index (χ2n) is 4.05. The van der Waals surface area contributed by atoms with E-state index in [2.05, 4.69) is 0 Å². The highest BCUT2D eigenvalue weighted by atomic mass is 35.5. The van der Waals surface area contributed by atoms with Crippen molar-refractivity contribution in [2.45, 2.75) is 26.3 Å². The Morgan fingerprint density at radius 3 is 2.36 bits per heavy atom. The predicted octanol–water partition coefficient (Wildman–Crippen LogP) is 2.85. The largest absolute Gasteiger partial charge is 0.495 e. The smallest absolute Gasteiger partial charge is 0.138 e. The molecule has 0 radical (unpaired) electrons. The van der Waals surface area contributed by atoms with Gasteiger partial charge in [-0.3, -0.25) is 0 Å². The summed E-state index contributed by atoms with van der Waals surface area (Å²) in [4.78, 5) is 0. The molecule has 0 saturated heterocycles. The minimum Gasteiger partial charge on any atom is -0.495 e. The molecule has 0 aromatic heterocycles. The molecule has 0 saturated carbocycles. The number of ether oxygens (including phenoxy) is 1. The molecule has 0 aliphatic carbocycles. The van der Waals surface area contributed by atoms with Crippen LogP contribution in [0.3, 0.4) is 0 Å². The highest BCUT2D eigenvalue weighted by molar-refractivity contribution is 6.33. The van der Waals surface area contributed by atoms with Crippen molar-refractivity contribution in [2.24, 2.45) is 5.73 Å². The summed E-state index contributed by atoms with van der Waals surface area (Å²) in [5, 5.41) is 0.602. The van der Waals surface area contributed by atoms with Gasteiger partial charge in [0.05, 0.1) is 12.1 Å². The van der Waals surface area contributed by atoms with Gasteiger partial charge in [-0.25, -0.2) is 0 Å². The number of hydrogen-bond donors (Lipinski definition) is 1. The zero-order chi connectivity index (χ0) is 10.9. The third-order valence-electron chi connectivity index (χ3n) is 2.10. The molecule has 2 N–H and O–H groups in total. The number of methoxy groups -OCH3 is 1. The van der Waals surface area contributed by atoms with Gasteiger partial charge in [0.15, 0.2) is 0 Å². The minimum absolute atomic E-state index is 0.448. The van der Waals surface area contributed by atoms with E-state index >= 15 is 0 Å². The molecule has 14 heavy (non-hydrogen) atoms. The molecular formula is C11H16ClNO. The highest BCUT2D eigenvalue weighted by Crippen LogP contribution is 2.34. The standard InChI is InChI=1S/C11H16ClNO/c1-7-5-8(11(2,3)13)10(12)9(6-7)14-4/h5-6H,13H2,1-4H3. The maximum absolute atomic E-state index is 6.16. The lowest BCUT2D eigenvalue weighted by molar-refractivity contribution is 0.412. The summed E-state index contributed by atoms with van der Waals surface area (Å²) in [7, 11) is 1.61. The van der Waals surface area contributed by atoms with E-state index < -0.39 is 5.54 Å². The van der Waals surface area contributed by atoms with Crippen LogP contribution in [-0.4, -0.2) is 7.11 Å². The van der Waals surface area contributed by atoms with Gasteiger partial charge < -0.3 is 10.5 Å². The van der Waals surface area contributed by atoms with E-state index in [1.165, 1.54) is 0 Å². The van der Waals surface area contributed by atoms with Crippen molar-refractivity contribution in [3.8, 4) is 5.75 Å². The van der Waals surface area contributed by atoms with Gasteiger partial charge in [-0.2, -0.15) is 0 Å². The first-order chi connectivity index (χ1) is 6.36. The molecule has 2 nitrogen and oxygen atoms in total. The Bertz CT molecular complexity index is 342. The molecule has 0 atom stereocenters. The Hall–Kier alpha value is -0.730. The number of halogens is 1. The minimum atomic E-state index is -0.448. The quantitative estimate of drug-likeness (QED) is 0.820. The summed E-state index contributed by atoms with van der Waals surface area (Å²) in [5.41, 5.74) is 7.57. The maximum Gasteiger partial charge on any atom is 0.138 e. The van der Waals surface area contributed by atoms with E-state index in [4.69, 9.17) is 22.1 Å². The lowest BCUT2D eigenvalue weighted by Gasteiger charge is -2.22. The van der Waals surface area contributed by atoms with Gasteiger partial charge in [0.2, 0.25) is 0 Å². The average Bonchev–Trinajstić information content (AvgIpc) is 2.06. The summed E-state index contributed by atoms with van der Waals surface area (Å²) in [6.07, 6.45) is 0. The Morgan fingerprint density at radius 2 is 1.93 bits per heavy atom. The first-order valence-corrected chi connectivity index (χ1v) is 4.87. The van der Waals surface area contributed by atoms with Crippen LogP contribution in [0.25, 0.3) is 0 Å². The first kappa shape index (κ1) is 11.3. The van der Waals surface area contributed by atoms with Crippen molar-refractivity contribution in [2.75, 3.05) is 7.11 Å². The van der Waals surface area contributed by atoms with Gasteiger partial charge in [0, 0.05) is 5.54 Å². The summed E-state index contributed by atoms with van der Waals surface area (Å²) in [6, 6.07) is 3.89. The highest BCUT2D eigenvalue weighted by Gasteiger charge is 2.20. The van der Waals surface area contributed by atoms with Gasteiger partial charge in [0.25, 0.3) is 0 Å². The van der Waals surface area contributed by atoms with E-state index in [1.807, 2.05) is 32.9 Å². The van der Waals surface area contributed by atoms with E-state index in [0.29, 0.717) is 10.8 Å². The topological polar surface area (TPSA) is 35.2 Å². The fourth-order valence-corrected chi connectivity index (χ4v) is 1.78. The zero-order valence-electron chi connectivity index (χ0n) is 9.02. The predicted molar refractivity (Wildman–Crippen MR) is 60.0 cm³/mol. The van der Waals surface area contributed by atoms with E-state index in [0.717, 1.165) is 11.1 Å². The molecule has 0 spiro atoms. The van der Waals surface area contributed by atoms with E-state index in [-0.39, 0.29) is 0 Å². The Morgan fingerprint density at radius 1 is 1.36 bits per heavy atom. The first-order valence-electron chi connectivity index (χ1n) is 4.49. The number of aryl methyl sites for hydroxylation is 1. The van der Waals surface area contributed by atoms with Gasteiger partial charge in [-0.05, 0) is 38.0 Å². The maximum atomic E-state index is 6.16. The number of rotatable bonds is 2. The summed E-state index contributed by atoms with van der Waals surface area (Å²) in [5.74, 6) is 0.681. The molecule has 0 aliphatic rings. The Balaban J connectivity index is 3.37. The van der Waals surface area contributed by atoms with E-state index in [9.17, 15) is 0 Å². The summed E-state index contributed by atoms with van der Waals surface area (Å²) < 4.78 is 5.17. The van der Waals surface area contributed by atoms with Gasteiger partial charge >= 0.3 is 0 Å². The van der Waals surface area contributed by atoms with Crippen LogP contribution in [0.1, 0.15) is 25.0 Å². The van der Waals surface area contributed by atoms with Crippen molar-refractivity contribution in [3.63, 3.8) is 0 Å². The second kappa shape index (κ2) is 3.79. The average molecular weight is 214 g/mol. The van der Waals surface area contributed by atoms with Crippen LogP contribution < -0.4 is 10.5 Å². The number of hydrogen-bond acceptors (Lipinski definition) is 2. The molecule has 0 aliphatic heterocycles. The molecule has 0 amide bonds. The molecule has 1 aromatic rings. The summed E-state index contributed by atoms with van der Waals surface area (Å²) in [6.45, 7) is 5.84. The van der Waals surface area contributed by atoms with Gasteiger partial charge in [0.1, 0.15) is 5.75 Å². The van der Waals surface area contributed by atoms with Crippen molar-refractivity contribution in [3.05, 3.63) is 28.3 Å². The molecule has 78 valence electrons. The van der Waals surface area contributed by atoms with Crippen LogP contribution in [0.15, 0.2) is 12.1 Å². The second-order valence-corrected chi connectivity index (χ2v) is 4.43. The molecule has 0 heterocycles. The van der Waals surface area contributed by atoms with Gasteiger partial charge in [-0.15, -0.1) is 0 Å². The fourth-order valence-electron chi connectivity index (χ4n) is 1.35. The molecule has 0 unspecified atom stereocenters. The Labute approximate surface area is 90.0 Å². The zero-order valence-corrected chi connectivity index (χ0v) is 9.77. The van der Waals surface area contributed by atoms with Crippen molar-refractivity contribution < 1.29 is 4.74 Å². The summed E-state index contributed by atoms with van der Waals surface area (Å²) >= 11 is 6.16. The van der Waals surface area contributed by atoms with Crippen molar-refractivity contribution in [1.29, 1.82) is 0 Å². The third-order valence-corrected chi connectivity index (χ3v) is 2.49. The van der Waals surface area contributed by atoms with Crippen LogP contribution in [0, 0.1) is 6.92 Å². The SMILES string of the molecule is COc1cc(C)cc(C(C)(C)N)c1Cl. The Kier molecular flexibility index (Phi) is 3.07. The van der Waals surface area contributed by atoms with Crippen LogP contribution >= 0.6 is 11.6 Å². The molecule has 0 bridgehead atoms. The van der Waals surface area contributed by atoms with Crippen LogP contribution in [0.4, 0.5) is 0 Å². The monoisotopic (exact) mass is 213 g/mol. The van der Waals surface area contributed by atoms with Crippen LogP contribution in [0.2, 0.25) is 5.02 Å². The fraction of sp³-hybridized carbons (Fsp3) is 0.455. The van der Waals surface area contributed by atoms with Gasteiger partial charge in [-0.1, -0.05) is 17.7 Å². The molecule has 0 fully saturated rings. The normalized spacial score (nSPS) is 11.6. The number of benzene rings is 1. The molecule has 1 aromatic carbocycles. The van der Waals surface area contributed by atoms with E-state index in [1.54, 1.807) is 7.11 Å².